The van der Waals surface area contributed by atoms with Crippen LogP contribution in [0.1, 0.15) is 43.2 Å². The van der Waals surface area contributed by atoms with Crippen LogP contribution in [0.2, 0.25) is 0 Å². The first kappa shape index (κ1) is 16.5. The van der Waals surface area contributed by atoms with Crippen LogP contribution in [0.5, 0.6) is 0 Å². The molecule has 0 radical (unpaired) electrons. The minimum atomic E-state index is -0.120. The summed E-state index contributed by atoms with van der Waals surface area (Å²) in [5, 5.41) is 3.17. The zero-order valence-corrected chi connectivity index (χ0v) is 15.7. The summed E-state index contributed by atoms with van der Waals surface area (Å²) in [5.41, 5.74) is 4.26. The Morgan fingerprint density at radius 2 is 1.84 bits per heavy atom. The highest BCUT2D eigenvalue weighted by Gasteiger charge is 2.48. The number of amides is 2. The summed E-state index contributed by atoms with van der Waals surface area (Å²) >= 11 is 1.88. The van der Waals surface area contributed by atoms with Crippen molar-refractivity contribution in [3.8, 4) is 0 Å². The molecule has 130 valence electrons. The van der Waals surface area contributed by atoms with Crippen LogP contribution in [0.15, 0.2) is 47.4 Å². The van der Waals surface area contributed by atoms with Gasteiger partial charge in [-0.05, 0) is 50.5 Å². The Labute approximate surface area is 153 Å². The molecule has 1 N–H and O–H groups in total. The molecule has 2 aliphatic rings. The molecule has 1 spiro atoms. The van der Waals surface area contributed by atoms with Gasteiger partial charge in [0.1, 0.15) is 4.87 Å². The number of thioether (sulfide) groups is 1. The molecule has 4 rings (SSSR count). The largest absolute Gasteiger partial charge is 0.327 e. The lowest BCUT2D eigenvalue weighted by Gasteiger charge is -2.40. The number of para-hydroxylation sites is 1. The Balaban J connectivity index is 1.68. The van der Waals surface area contributed by atoms with Gasteiger partial charge < -0.3 is 5.32 Å². The van der Waals surface area contributed by atoms with Crippen LogP contribution in [-0.4, -0.2) is 10.9 Å². The lowest BCUT2D eigenvalue weighted by Crippen LogP contribution is -2.50. The van der Waals surface area contributed by atoms with Gasteiger partial charge in [-0.1, -0.05) is 60.9 Å². The third-order valence-corrected chi connectivity index (χ3v) is 6.81. The summed E-state index contributed by atoms with van der Waals surface area (Å²) in [6.45, 7) is 4.12. The second kappa shape index (κ2) is 6.41. The van der Waals surface area contributed by atoms with E-state index in [1.54, 1.807) is 0 Å². The lowest BCUT2D eigenvalue weighted by molar-refractivity contribution is 0.250. The van der Waals surface area contributed by atoms with Crippen molar-refractivity contribution in [3.63, 3.8) is 0 Å². The summed E-state index contributed by atoms with van der Waals surface area (Å²) in [6, 6.07) is 14.5. The highest BCUT2D eigenvalue weighted by atomic mass is 32.2. The molecule has 3 nitrogen and oxygen atoms in total. The Kier molecular flexibility index (Phi) is 4.24. The summed E-state index contributed by atoms with van der Waals surface area (Å²) in [7, 11) is 0. The summed E-state index contributed by atoms with van der Waals surface area (Å²) < 4.78 is 0. The van der Waals surface area contributed by atoms with E-state index >= 15 is 0 Å². The van der Waals surface area contributed by atoms with E-state index in [2.05, 4.69) is 36.5 Å². The number of anilines is 2. The number of hydrogen-bond donors (Lipinski definition) is 1. The molecule has 0 saturated heterocycles. The van der Waals surface area contributed by atoms with Crippen molar-refractivity contribution in [2.45, 2.75) is 55.7 Å². The smallest absolute Gasteiger partial charge is 0.307 e. The van der Waals surface area contributed by atoms with Crippen molar-refractivity contribution >= 4 is 29.2 Å². The average Bonchev–Trinajstić information content (AvgIpc) is 2.91. The van der Waals surface area contributed by atoms with Crippen LogP contribution in [0.25, 0.3) is 0 Å². The number of carbonyl (C=O) groups excluding carboxylic acids is 1. The molecule has 25 heavy (non-hydrogen) atoms. The van der Waals surface area contributed by atoms with Crippen molar-refractivity contribution in [1.29, 1.82) is 0 Å². The lowest BCUT2D eigenvalue weighted by atomic mass is 9.93. The Morgan fingerprint density at radius 1 is 1.08 bits per heavy atom. The number of rotatable bonds is 1. The standard InChI is InChI=1S/C21H24N2OS/c1-15-10-11-17(16(2)14-15)22-20(24)23-18-8-4-5-9-19(18)25-21(23)12-6-3-7-13-21/h4-5,8-11,14H,3,6-7,12-13H2,1-2H3,(H,22,24). The molecule has 4 heteroatoms. The molecular weight excluding hydrogens is 328 g/mol. The molecule has 0 bridgehead atoms. The molecule has 1 aliphatic carbocycles. The van der Waals surface area contributed by atoms with Gasteiger partial charge in [-0.15, -0.1) is 0 Å². The molecule has 2 aromatic carbocycles. The predicted molar refractivity (Wildman–Crippen MR) is 106 cm³/mol. The first-order valence-corrected chi connectivity index (χ1v) is 9.87. The van der Waals surface area contributed by atoms with Crippen molar-refractivity contribution in [3.05, 3.63) is 53.6 Å². The van der Waals surface area contributed by atoms with E-state index in [0.717, 1.165) is 29.8 Å². The fourth-order valence-corrected chi connectivity index (χ4v) is 5.63. The number of nitrogens with zero attached hydrogens (tertiary/aromatic N) is 1. The maximum Gasteiger partial charge on any atom is 0.327 e. The second-order valence-corrected chi connectivity index (χ2v) is 8.56. The number of hydrogen-bond acceptors (Lipinski definition) is 2. The van der Waals surface area contributed by atoms with Crippen LogP contribution < -0.4 is 10.2 Å². The van der Waals surface area contributed by atoms with Crippen LogP contribution >= 0.6 is 11.8 Å². The van der Waals surface area contributed by atoms with Gasteiger partial charge in [-0.2, -0.15) is 0 Å². The van der Waals surface area contributed by atoms with Crippen molar-refractivity contribution < 1.29 is 4.79 Å². The van der Waals surface area contributed by atoms with Crippen LogP contribution in [-0.2, 0) is 0 Å². The Morgan fingerprint density at radius 3 is 2.60 bits per heavy atom. The predicted octanol–water partition coefficient (Wildman–Crippen LogP) is 6.11. The number of carbonyl (C=O) groups is 1. The molecule has 1 aliphatic heterocycles. The normalized spacial score (nSPS) is 18.2. The highest BCUT2D eigenvalue weighted by molar-refractivity contribution is 8.01. The molecule has 1 fully saturated rings. The van der Waals surface area contributed by atoms with E-state index < -0.39 is 0 Å². The Hall–Kier alpha value is -1.94. The third-order valence-electron chi connectivity index (χ3n) is 5.28. The maximum absolute atomic E-state index is 13.3. The summed E-state index contributed by atoms with van der Waals surface area (Å²) in [4.78, 5) is 16.4. The van der Waals surface area contributed by atoms with E-state index in [9.17, 15) is 4.79 Å². The molecule has 1 heterocycles. The van der Waals surface area contributed by atoms with Gasteiger partial charge in [-0.3, -0.25) is 4.90 Å². The van der Waals surface area contributed by atoms with Crippen molar-refractivity contribution in [1.82, 2.24) is 0 Å². The third kappa shape index (κ3) is 2.93. The molecule has 2 aromatic rings. The zero-order valence-electron chi connectivity index (χ0n) is 14.8. The van der Waals surface area contributed by atoms with E-state index in [1.807, 2.05) is 41.8 Å². The number of benzene rings is 2. The van der Waals surface area contributed by atoms with Gasteiger partial charge in [0.2, 0.25) is 0 Å². The Bertz CT molecular complexity index is 811. The van der Waals surface area contributed by atoms with Crippen molar-refractivity contribution in [2.24, 2.45) is 0 Å². The maximum atomic E-state index is 13.3. The SMILES string of the molecule is Cc1ccc(NC(=O)N2c3ccccc3SC23CCCCC3)c(C)c1. The van der Waals surface area contributed by atoms with Gasteiger partial charge >= 0.3 is 6.03 Å². The molecule has 0 aromatic heterocycles. The molecule has 2 amide bonds. The molecule has 0 atom stereocenters. The molecule has 0 unspecified atom stereocenters. The second-order valence-electron chi connectivity index (χ2n) is 7.16. The van der Waals surface area contributed by atoms with Crippen LogP contribution in [0, 0.1) is 13.8 Å². The number of fused-ring (bicyclic) bond motifs is 1. The van der Waals surface area contributed by atoms with Gasteiger partial charge in [0.15, 0.2) is 0 Å². The first-order chi connectivity index (χ1) is 12.1. The quantitative estimate of drug-likeness (QED) is 0.672. The van der Waals surface area contributed by atoms with Gasteiger partial charge in [0, 0.05) is 10.6 Å². The van der Waals surface area contributed by atoms with Gasteiger partial charge in [0.05, 0.1) is 5.69 Å². The van der Waals surface area contributed by atoms with E-state index in [4.69, 9.17) is 0 Å². The first-order valence-electron chi connectivity index (χ1n) is 9.06. The summed E-state index contributed by atoms with van der Waals surface area (Å²) in [6.07, 6.45) is 5.77. The van der Waals surface area contributed by atoms with E-state index in [0.29, 0.717) is 0 Å². The minimum absolute atomic E-state index is 0.00805. The topological polar surface area (TPSA) is 32.3 Å². The van der Waals surface area contributed by atoms with Crippen LogP contribution in [0.4, 0.5) is 16.2 Å². The monoisotopic (exact) mass is 352 g/mol. The number of aryl methyl sites for hydroxylation is 2. The van der Waals surface area contributed by atoms with Crippen molar-refractivity contribution in [2.75, 3.05) is 10.2 Å². The average molecular weight is 353 g/mol. The van der Waals surface area contributed by atoms with Gasteiger partial charge in [0.25, 0.3) is 0 Å². The van der Waals surface area contributed by atoms with E-state index in [1.165, 1.54) is 29.7 Å². The number of nitrogens with one attached hydrogen (secondary N) is 1. The summed E-state index contributed by atoms with van der Waals surface area (Å²) in [5.74, 6) is 0. The van der Waals surface area contributed by atoms with E-state index in [-0.39, 0.29) is 10.9 Å². The zero-order chi connectivity index (χ0) is 17.4. The molecule has 1 saturated carbocycles. The van der Waals surface area contributed by atoms with Gasteiger partial charge in [-0.25, -0.2) is 4.79 Å². The fraction of sp³-hybridized carbons (Fsp3) is 0.381. The highest BCUT2D eigenvalue weighted by Crippen LogP contribution is 2.56. The number of urea groups is 1. The van der Waals surface area contributed by atoms with Crippen LogP contribution in [0.3, 0.4) is 0 Å². The fourth-order valence-electron chi connectivity index (χ4n) is 4.05. The minimum Gasteiger partial charge on any atom is -0.307 e. The molecular formula is C21H24N2OS.